The van der Waals surface area contributed by atoms with Crippen molar-refractivity contribution in [1.29, 1.82) is 0 Å². The molecular formula is C14H14N4OS2. The summed E-state index contributed by atoms with van der Waals surface area (Å²) in [5.74, 6) is 1.34. The smallest absolute Gasteiger partial charge is 0.248 e. The molecule has 1 aliphatic rings. The van der Waals surface area contributed by atoms with Gasteiger partial charge >= 0.3 is 0 Å². The number of aromatic nitrogens is 3. The Balaban J connectivity index is 1.58. The molecule has 7 heteroatoms. The topological polar surface area (TPSA) is 63.8 Å². The fourth-order valence-corrected chi connectivity index (χ4v) is 4.11. The van der Waals surface area contributed by atoms with E-state index < -0.39 is 0 Å². The van der Waals surface area contributed by atoms with Gasteiger partial charge in [-0.1, -0.05) is 5.16 Å². The predicted octanol–water partition coefficient (Wildman–Crippen LogP) is 2.72. The summed E-state index contributed by atoms with van der Waals surface area (Å²) >= 11 is 3.44. The molecule has 0 radical (unpaired) electrons. The van der Waals surface area contributed by atoms with E-state index in [1.807, 2.05) is 12.3 Å². The molecule has 0 fully saturated rings. The molecule has 21 heavy (non-hydrogen) atoms. The molecule has 1 aliphatic heterocycles. The Morgan fingerprint density at radius 2 is 2.33 bits per heavy atom. The van der Waals surface area contributed by atoms with E-state index in [1.54, 1.807) is 22.7 Å². The molecule has 0 spiro atoms. The standard InChI is InChI=1S/C14H14N4OS2/c1-8-16-9(7-21-8)6-12-17-14(19-18-12)13-10-3-5-20-11(10)2-4-15-13/h3,5,7,13,15H,2,4,6H2,1H3. The van der Waals surface area contributed by atoms with Crippen molar-refractivity contribution in [2.45, 2.75) is 25.8 Å². The minimum atomic E-state index is 0.0263. The Morgan fingerprint density at radius 1 is 1.38 bits per heavy atom. The Labute approximate surface area is 130 Å². The highest BCUT2D eigenvalue weighted by molar-refractivity contribution is 7.10. The summed E-state index contributed by atoms with van der Waals surface area (Å²) in [6.45, 7) is 2.95. The van der Waals surface area contributed by atoms with Crippen LogP contribution in [0.1, 0.15) is 38.9 Å². The first-order valence-corrected chi connectivity index (χ1v) is 8.58. The molecule has 4 rings (SSSR count). The zero-order valence-electron chi connectivity index (χ0n) is 11.5. The molecule has 3 aromatic rings. The van der Waals surface area contributed by atoms with Crippen LogP contribution in [-0.4, -0.2) is 21.7 Å². The lowest BCUT2D eigenvalue weighted by Gasteiger charge is -2.20. The van der Waals surface area contributed by atoms with Gasteiger partial charge in [0.25, 0.3) is 0 Å². The van der Waals surface area contributed by atoms with Crippen LogP contribution in [0.25, 0.3) is 0 Å². The minimum absolute atomic E-state index is 0.0263. The summed E-state index contributed by atoms with van der Waals surface area (Å²) in [5.41, 5.74) is 2.27. The van der Waals surface area contributed by atoms with Gasteiger partial charge in [-0.15, -0.1) is 22.7 Å². The van der Waals surface area contributed by atoms with Gasteiger partial charge in [0.15, 0.2) is 5.82 Å². The van der Waals surface area contributed by atoms with Crippen molar-refractivity contribution in [2.24, 2.45) is 0 Å². The van der Waals surface area contributed by atoms with Gasteiger partial charge in [0.2, 0.25) is 5.89 Å². The van der Waals surface area contributed by atoms with Crippen molar-refractivity contribution < 1.29 is 4.52 Å². The Kier molecular flexibility index (Phi) is 3.33. The molecule has 1 atom stereocenters. The second kappa shape index (κ2) is 5.32. The van der Waals surface area contributed by atoms with Gasteiger partial charge in [-0.3, -0.25) is 0 Å². The van der Waals surface area contributed by atoms with Crippen LogP contribution in [-0.2, 0) is 12.8 Å². The van der Waals surface area contributed by atoms with Crippen LogP contribution < -0.4 is 5.32 Å². The van der Waals surface area contributed by atoms with Crippen LogP contribution in [0.15, 0.2) is 21.3 Å². The van der Waals surface area contributed by atoms with E-state index in [-0.39, 0.29) is 6.04 Å². The molecule has 0 amide bonds. The van der Waals surface area contributed by atoms with Crippen LogP contribution in [0.4, 0.5) is 0 Å². The molecule has 0 aliphatic carbocycles. The molecule has 5 nitrogen and oxygen atoms in total. The van der Waals surface area contributed by atoms with Crippen molar-refractivity contribution in [2.75, 3.05) is 6.54 Å². The van der Waals surface area contributed by atoms with Gasteiger partial charge in [-0.2, -0.15) is 4.98 Å². The molecule has 0 aromatic carbocycles. The van der Waals surface area contributed by atoms with E-state index in [4.69, 9.17) is 4.52 Å². The summed E-state index contributed by atoms with van der Waals surface area (Å²) in [5, 5.41) is 12.8. The fraction of sp³-hybridized carbons (Fsp3) is 0.357. The lowest BCUT2D eigenvalue weighted by Crippen LogP contribution is -2.29. The maximum Gasteiger partial charge on any atom is 0.248 e. The number of nitrogens with one attached hydrogen (secondary N) is 1. The summed E-state index contributed by atoms with van der Waals surface area (Å²) < 4.78 is 5.47. The largest absolute Gasteiger partial charge is 0.337 e. The van der Waals surface area contributed by atoms with E-state index in [0.29, 0.717) is 18.1 Å². The second-order valence-electron chi connectivity index (χ2n) is 5.02. The highest BCUT2D eigenvalue weighted by Gasteiger charge is 2.27. The molecule has 1 N–H and O–H groups in total. The Morgan fingerprint density at radius 3 is 3.19 bits per heavy atom. The number of nitrogens with zero attached hydrogens (tertiary/aromatic N) is 3. The van der Waals surface area contributed by atoms with Gasteiger partial charge in [-0.25, -0.2) is 4.98 Å². The maximum atomic E-state index is 5.47. The first kappa shape index (κ1) is 13.1. The van der Waals surface area contributed by atoms with Crippen molar-refractivity contribution in [3.63, 3.8) is 0 Å². The number of rotatable bonds is 3. The number of thiazole rings is 1. The van der Waals surface area contributed by atoms with Gasteiger partial charge in [0.05, 0.1) is 17.1 Å². The molecule has 0 saturated carbocycles. The van der Waals surface area contributed by atoms with Gasteiger partial charge in [0.1, 0.15) is 6.04 Å². The van der Waals surface area contributed by atoms with Gasteiger partial charge < -0.3 is 9.84 Å². The Bertz CT molecular complexity index is 760. The molecule has 0 saturated heterocycles. The lowest BCUT2D eigenvalue weighted by atomic mass is 10.0. The van der Waals surface area contributed by atoms with E-state index in [9.17, 15) is 0 Å². The van der Waals surface area contributed by atoms with E-state index in [1.165, 1.54) is 10.4 Å². The number of fused-ring (bicyclic) bond motifs is 1. The van der Waals surface area contributed by atoms with Crippen LogP contribution in [0, 0.1) is 6.92 Å². The average Bonchev–Trinajstić information content (AvgIpc) is 3.19. The van der Waals surface area contributed by atoms with Crippen molar-refractivity contribution in [1.82, 2.24) is 20.4 Å². The Hall–Kier alpha value is -1.57. The molecular weight excluding hydrogens is 304 g/mol. The number of hydrogen-bond acceptors (Lipinski definition) is 7. The van der Waals surface area contributed by atoms with Gasteiger partial charge in [0, 0.05) is 16.8 Å². The van der Waals surface area contributed by atoms with Crippen molar-refractivity contribution in [3.05, 3.63) is 49.7 Å². The van der Waals surface area contributed by atoms with Gasteiger partial charge in [-0.05, 0) is 30.4 Å². The van der Waals surface area contributed by atoms with E-state index in [0.717, 1.165) is 23.7 Å². The summed E-state index contributed by atoms with van der Waals surface area (Å²) in [6, 6.07) is 2.17. The molecule has 4 heterocycles. The second-order valence-corrected chi connectivity index (χ2v) is 7.08. The third-order valence-corrected chi connectivity index (χ3v) is 5.35. The summed E-state index contributed by atoms with van der Waals surface area (Å²) in [4.78, 5) is 10.4. The maximum absolute atomic E-state index is 5.47. The monoisotopic (exact) mass is 318 g/mol. The van der Waals surface area contributed by atoms with E-state index >= 15 is 0 Å². The number of aryl methyl sites for hydroxylation is 1. The highest BCUT2D eigenvalue weighted by Crippen LogP contribution is 2.31. The van der Waals surface area contributed by atoms with Crippen LogP contribution in [0.3, 0.4) is 0 Å². The third kappa shape index (κ3) is 2.52. The van der Waals surface area contributed by atoms with Crippen molar-refractivity contribution in [3.8, 4) is 0 Å². The minimum Gasteiger partial charge on any atom is -0.337 e. The SMILES string of the molecule is Cc1nc(Cc2noc(C3NCCc4sccc43)n2)cs1. The fourth-order valence-electron chi connectivity index (χ4n) is 2.58. The van der Waals surface area contributed by atoms with E-state index in [2.05, 4.69) is 31.9 Å². The number of hydrogen-bond donors (Lipinski definition) is 1. The zero-order valence-corrected chi connectivity index (χ0v) is 13.1. The average molecular weight is 318 g/mol. The summed E-state index contributed by atoms with van der Waals surface area (Å²) in [6.07, 6.45) is 1.69. The molecule has 0 bridgehead atoms. The molecule has 3 aromatic heterocycles. The third-order valence-electron chi connectivity index (χ3n) is 3.53. The normalized spacial score (nSPS) is 17.9. The molecule has 1 unspecified atom stereocenters. The lowest BCUT2D eigenvalue weighted by molar-refractivity contribution is 0.341. The predicted molar refractivity (Wildman–Crippen MR) is 81.8 cm³/mol. The highest BCUT2D eigenvalue weighted by atomic mass is 32.1. The van der Waals surface area contributed by atoms with Crippen LogP contribution in [0.5, 0.6) is 0 Å². The first-order valence-electron chi connectivity index (χ1n) is 6.83. The first-order chi connectivity index (χ1) is 10.3. The van der Waals surface area contributed by atoms with Crippen molar-refractivity contribution >= 4 is 22.7 Å². The summed E-state index contributed by atoms with van der Waals surface area (Å²) in [7, 11) is 0. The van der Waals surface area contributed by atoms with Crippen LogP contribution in [0.2, 0.25) is 0 Å². The van der Waals surface area contributed by atoms with Crippen LogP contribution >= 0.6 is 22.7 Å². The quantitative estimate of drug-likeness (QED) is 0.804. The zero-order chi connectivity index (χ0) is 14.2. The molecule has 108 valence electrons. The number of thiophene rings is 1.